The Balaban J connectivity index is 0.00000180. The molecule has 1 aromatic rings. The Morgan fingerprint density at radius 2 is 1.68 bits per heavy atom. The van der Waals surface area contributed by atoms with Crippen LogP contribution in [0.2, 0.25) is 0 Å². The molecule has 0 aromatic heterocycles. The second kappa shape index (κ2) is 6.92. The molecule has 2 N–H and O–H groups in total. The van der Waals surface area contributed by atoms with E-state index in [-0.39, 0.29) is 18.3 Å². The summed E-state index contributed by atoms with van der Waals surface area (Å²) in [6, 6.07) is 8.75. The van der Waals surface area contributed by atoms with Crippen LogP contribution in [-0.4, -0.2) is 18.0 Å². The average Bonchev–Trinajstić information content (AvgIpc) is 2.34. The van der Waals surface area contributed by atoms with Gasteiger partial charge in [0.05, 0.1) is 0 Å². The van der Waals surface area contributed by atoms with Gasteiger partial charge in [0, 0.05) is 18.4 Å². The van der Waals surface area contributed by atoms with Crippen LogP contribution in [0.15, 0.2) is 24.3 Å². The van der Waals surface area contributed by atoms with Gasteiger partial charge in [-0.1, -0.05) is 17.7 Å². The molecule has 0 aliphatic carbocycles. The molecule has 1 amide bonds. The van der Waals surface area contributed by atoms with Gasteiger partial charge >= 0.3 is 0 Å². The number of carbonyl (C=O) groups excluding carboxylic acids is 1. The van der Waals surface area contributed by atoms with Crippen molar-refractivity contribution in [1.29, 1.82) is 0 Å². The molecule has 1 aliphatic heterocycles. The highest BCUT2D eigenvalue weighted by molar-refractivity contribution is 5.93. The van der Waals surface area contributed by atoms with Gasteiger partial charge in [-0.25, -0.2) is 5.01 Å². The summed E-state index contributed by atoms with van der Waals surface area (Å²) < 4.78 is 0. The second-order valence-electron chi connectivity index (χ2n) is 5.51. The fraction of sp³-hybridized carbons (Fsp3) is 0.533. The number of hydrogen-bond donors (Lipinski definition) is 2. The first-order valence-corrected chi connectivity index (χ1v) is 6.82. The molecule has 1 aliphatic rings. The molecule has 0 spiro atoms. The predicted octanol–water partition coefficient (Wildman–Crippen LogP) is -1.51. The molecule has 0 saturated carbocycles. The summed E-state index contributed by atoms with van der Waals surface area (Å²) in [4.78, 5) is 12.2. The quantitative estimate of drug-likeness (QED) is 0.680. The van der Waals surface area contributed by atoms with E-state index in [9.17, 15) is 4.79 Å². The van der Waals surface area contributed by atoms with Crippen molar-refractivity contribution in [2.24, 2.45) is 0 Å². The smallest absolute Gasteiger partial charge is 0.295 e. The lowest BCUT2D eigenvalue weighted by molar-refractivity contribution is -0.984. The lowest BCUT2D eigenvalue weighted by atomic mass is 10.00. The van der Waals surface area contributed by atoms with E-state index in [0.29, 0.717) is 12.1 Å². The van der Waals surface area contributed by atoms with Gasteiger partial charge in [-0.2, -0.15) is 5.43 Å². The Hall–Kier alpha value is -1.06. The topological polar surface area (TPSA) is 33.5 Å². The standard InChI is InChI=1S/C15H22N2O.ClH/c1-11-7-9-14(10-8-11)15(18)16-17-12(2)5-4-6-13(17)3;/h7-10,12-13H,4-6H2,1-3H3,(H,16,18);1H. The largest absolute Gasteiger partial charge is 1.00 e. The molecule has 1 saturated heterocycles. The van der Waals surface area contributed by atoms with Crippen LogP contribution >= 0.6 is 0 Å². The van der Waals surface area contributed by atoms with Crippen molar-refractivity contribution in [2.45, 2.75) is 52.1 Å². The number of piperidine rings is 1. The highest BCUT2D eigenvalue weighted by Gasteiger charge is 2.30. The van der Waals surface area contributed by atoms with Gasteiger partial charge in [0.1, 0.15) is 12.1 Å². The Morgan fingerprint density at radius 1 is 1.16 bits per heavy atom. The Kier molecular flexibility index (Phi) is 5.83. The third-order valence-electron chi connectivity index (χ3n) is 3.91. The minimum absolute atomic E-state index is 0. The zero-order chi connectivity index (χ0) is 13.1. The summed E-state index contributed by atoms with van der Waals surface area (Å²) in [6.45, 7) is 6.45. The fourth-order valence-electron chi connectivity index (χ4n) is 2.68. The number of aryl methyl sites for hydroxylation is 1. The fourth-order valence-corrected chi connectivity index (χ4v) is 2.68. The maximum absolute atomic E-state index is 12.2. The van der Waals surface area contributed by atoms with Crippen molar-refractivity contribution < 1.29 is 22.2 Å². The number of nitrogens with one attached hydrogen (secondary N) is 2. The summed E-state index contributed by atoms with van der Waals surface area (Å²) in [5.41, 5.74) is 5.06. The van der Waals surface area contributed by atoms with Crippen molar-refractivity contribution in [1.82, 2.24) is 5.43 Å². The maximum atomic E-state index is 12.2. The highest BCUT2D eigenvalue weighted by Crippen LogP contribution is 2.07. The monoisotopic (exact) mass is 282 g/mol. The molecular weight excluding hydrogens is 260 g/mol. The van der Waals surface area contributed by atoms with Crippen molar-refractivity contribution >= 4 is 5.91 Å². The Bertz CT molecular complexity index is 409. The predicted molar refractivity (Wildman–Crippen MR) is 72.4 cm³/mol. The van der Waals surface area contributed by atoms with E-state index in [1.807, 2.05) is 31.2 Å². The van der Waals surface area contributed by atoms with Gasteiger partial charge in [0.25, 0.3) is 5.91 Å². The number of halogens is 1. The second-order valence-corrected chi connectivity index (χ2v) is 5.51. The van der Waals surface area contributed by atoms with Crippen LogP contribution in [0.3, 0.4) is 0 Å². The molecule has 1 fully saturated rings. The molecule has 0 radical (unpaired) electrons. The van der Waals surface area contributed by atoms with E-state index >= 15 is 0 Å². The summed E-state index contributed by atoms with van der Waals surface area (Å²) >= 11 is 0. The van der Waals surface area contributed by atoms with Crippen LogP contribution in [0.25, 0.3) is 0 Å². The van der Waals surface area contributed by atoms with Crippen LogP contribution in [0.1, 0.15) is 49.0 Å². The number of amides is 1. The van der Waals surface area contributed by atoms with Gasteiger partial charge < -0.3 is 12.4 Å². The van der Waals surface area contributed by atoms with E-state index in [1.54, 1.807) is 0 Å². The van der Waals surface area contributed by atoms with E-state index < -0.39 is 0 Å². The number of hydrogen-bond acceptors (Lipinski definition) is 1. The molecule has 3 nitrogen and oxygen atoms in total. The molecule has 2 unspecified atom stereocenters. The first kappa shape index (κ1) is 16.0. The van der Waals surface area contributed by atoms with E-state index in [1.165, 1.54) is 29.8 Å². The molecule has 1 heterocycles. The SMILES string of the molecule is Cc1ccc(C(=O)N[NH+]2C(C)CCCC2C)cc1.[Cl-]. The number of rotatable bonds is 2. The Labute approximate surface area is 121 Å². The molecule has 4 heteroatoms. The lowest BCUT2D eigenvalue weighted by Crippen LogP contribution is -3.25. The van der Waals surface area contributed by atoms with Crippen molar-refractivity contribution in [3.63, 3.8) is 0 Å². The first-order valence-electron chi connectivity index (χ1n) is 6.82. The van der Waals surface area contributed by atoms with Crippen molar-refractivity contribution in [3.8, 4) is 0 Å². The van der Waals surface area contributed by atoms with E-state index in [4.69, 9.17) is 0 Å². The van der Waals surface area contributed by atoms with Crippen molar-refractivity contribution in [3.05, 3.63) is 35.4 Å². The molecule has 1 aromatic carbocycles. The van der Waals surface area contributed by atoms with Crippen LogP contribution in [0, 0.1) is 6.92 Å². The average molecular weight is 283 g/mol. The lowest BCUT2D eigenvalue weighted by Gasteiger charge is -2.34. The third-order valence-corrected chi connectivity index (χ3v) is 3.91. The minimum atomic E-state index is 0. The van der Waals surface area contributed by atoms with E-state index in [0.717, 1.165) is 5.56 Å². The maximum Gasteiger partial charge on any atom is 0.295 e. The van der Waals surface area contributed by atoms with Gasteiger partial charge in [0.2, 0.25) is 0 Å². The van der Waals surface area contributed by atoms with Crippen LogP contribution in [0.5, 0.6) is 0 Å². The molecule has 19 heavy (non-hydrogen) atoms. The zero-order valence-corrected chi connectivity index (χ0v) is 12.6. The molecule has 0 bridgehead atoms. The van der Waals surface area contributed by atoms with Crippen LogP contribution < -0.4 is 22.8 Å². The highest BCUT2D eigenvalue weighted by atomic mass is 35.5. The number of quaternary nitrogens is 1. The molecular formula is C15H23ClN2O. The normalized spacial score (nSPS) is 26.4. The molecule has 2 rings (SSSR count). The first-order chi connectivity index (χ1) is 8.58. The van der Waals surface area contributed by atoms with Crippen molar-refractivity contribution in [2.75, 3.05) is 0 Å². The van der Waals surface area contributed by atoms with Crippen LogP contribution in [0.4, 0.5) is 0 Å². The molecule has 2 atom stereocenters. The minimum Gasteiger partial charge on any atom is -1.00 e. The number of benzene rings is 1. The van der Waals surface area contributed by atoms with Gasteiger partial charge in [0.15, 0.2) is 0 Å². The molecule has 106 valence electrons. The van der Waals surface area contributed by atoms with E-state index in [2.05, 4.69) is 19.3 Å². The zero-order valence-electron chi connectivity index (χ0n) is 11.9. The third kappa shape index (κ3) is 3.95. The summed E-state index contributed by atoms with van der Waals surface area (Å²) in [6.07, 6.45) is 3.65. The van der Waals surface area contributed by atoms with Crippen LogP contribution in [-0.2, 0) is 0 Å². The number of carbonyl (C=O) groups is 1. The van der Waals surface area contributed by atoms with Gasteiger partial charge in [-0.15, -0.1) is 0 Å². The van der Waals surface area contributed by atoms with Gasteiger partial charge in [-0.3, -0.25) is 4.79 Å². The Morgan fingerprint density at radius 3 is 2.21 bits per heavy atom. The summed E-state index contributed by atoms with van der Waals surface area (Å²) in [7, 11) is 0. The van der Waals surface area contributed by atoms with Gasteiger partial charge in [-0.05, 0) is 39.3 Å². The summed E-state index contributed by atoms with van der Waals surface area (Å²) in [5.74, 6) is 0.0330. The summed E-state index contributed by atoms with van der Waals surface area (Å²) in [5, 5.41) is 1.21.